The predicted molar refractivity (Wildman–Crippen MR) is 88.3 cm³/mol. The fraction of sp³-hybridized carbons (Fsp3) is 0.222. The number of fused-ring (bicyclic) bond motifs is 1. The summed E-state index contributed by atoms with van der Waals surface area (Å²) in [5, 5.41) is 2.86. The van der Waals surface area contributed by atoms with Gasteiger partial charge in [0.1, 0.15) is 5.52 Å². The first-order valence-electron chi connectivity index (χ1n) is 7.51. The molecule has 0 saturated heterocycles. The molecule has 3 rings (SSSR count). The Morgan fingerprint density at radius 3 is 2.70 bits per heavy atom. The maximum absolute atomic E-state index is 12.0. The van der Waals surface area contributed by atoms with E-state index in [1.807, 2.05) is 36.4 Å². The van der Waals surface area contributed by atoms with Crippen molar-refractivity contribution in [2.75, 3.05) is 20.3 Å². The topological polar surface area (TPSA) is 64.4 Å². The lowest BCUT2D eigenvalue weighted by Crippen LogP contribution is -2.25. The second kappa shape index (κ2) is 7.07. The number of hydrogen-bond donors (Lipinski definition) is 1. The van der Waals surface area contributed by atoms with Crippen molar-refractivity contribution in [2.45, 2.75) is 6.42 Å². The summed E-state index contributed by atoms with van der Waals surface area (Å²) >= 11 is 0. The molecule has 3 aromatic rings. The number of nitrogens with one attached hydrogen (secondary N) is 1. The lowest BCUT2D eigenvalue weighted by atomic mass is 10.1. The van der Waals surface area contributed by atoms with Crippen LogP contribution in [0.5, 0.6) is 0 Å². The number of carbonyl (C=O) groups excluding carboxylic acids is 1. The van der Waals surface area contributed by atoms with Gasteiger partial charge in [0.05, 0.1) is 0 Å². The molecule has 1 aromatic heterocycles. The van der Waals surface area contributed by atoms with Gasteiger partial charge in [0, 0.05) is 31.4 Å². The van der Waals surface area contributed by atoms with E-state index in [1.165, 1.54) is 0 Å². The zero-order valence-corrected chi connectivity index (χ0v) is 12.9. The third kappa shape index (κ3) is 3.57. The van der Waals surface area contributed by atoms with Crippen LogP contribution in [0, 0.1) is 0 Å². The van der Waals surface area contributed by atoms with Gasteiger partial charge in [0.15, 0.2) is 5.58 Å². The lowest BCUT2D eigenvalue weighted by Gasteiger charge is -2.05. The summed E-state index contributed by atoms with van der Waals surface area (Å²) in [7, 11) is 1.65. The molecule has 0 aliphatic carbocycles. The number of oxazole rings is 1. The maximum Gasteiger partial charge on any atom is 0.251 e. The van der Waals surface area contributed by atoms with E-state index in [-0.39, 0.29) is 5.91 Å². The minimum atomic E-state index is -0.0924. The minimum Gasteiger partial charge on any atom is -0.436 e. The second-order valence-corrected chi connectivity index (χ2v) is 5.17. The molecule has 23 heavy (non-hydrogen) atoms. The van der Waals surface area contributed by atoms with Crippen LogP contribution in [0.4, 0.5) is 0 Å². The van der Waals surface area contributed by atoms with E-state index in [9.17, 15) is 4.79 Å². The zero-order chi connectivity index (χ0) is 16.1. The third-order valence-corrected chi connectivity index (χ3v) is 3.50. The highest BCUT2D eigenvalue weighted by atomic mass is 16.5. The Morgan fingerprint density at radius 1 is 1.17 bits per heavy atom. The lowest BCUT2D eigenvalue weighted by molar-refractivity contribution is 0.0948. The van der Waals surface area contributed by atoms with Crippen molar-refractivity contribution in [1.82, 2.24) is 10.3 Å². The Morgan fingerprint density at radius 2 is 1.96 bits per heavy atom. The minimum absolute atomic E-state index is 0.0924. The molecule has 2 aromatic carbocycles. The Labute approximate surface area is 134 Å². The van der Waals surface area contributed by atoms with Crippen LogP contribution in [-0.2, 0) is 4.74 Å². The average Bonchev–Trinajstić information content (AvgIpc) is 3.03. The number of nitrogens with zero attached hydrogens (tertiary/aromatic N) is 1. The molecule has 1 amide bonds. The van der Waals surface area contributed by atoms with Crippen molar-refractivity contribution in [2.24, 2.45) is 0 Å². The van der Waals surface area contributed by atoms with Gasteiger partial charge in [-0.25, -0.2) is 4.98 Å². The molecule has 0 unspecified atom stereocenters. The van der Waals surface area contributed by atoms with Crippen molar-refractivity contribution >= 4 is 17.0 Å². The van der Waals surface area contributed by atoms with Gasteiger partial charge in [-0.3, -0.25) is 4.79 Å². The molecule has 0 spiro atoms. The van der Waals surface area contributed by atoms with Crippen LogP contribution in [0.15, 0.2) is 52.9 Å². The molecular formula is C18H18N2O3. The van der Waals surface area contributed by atoms with Gasteiger partial charge in [-0.1, -0.05) is 12.1 Å². The van der Waals surface area contributed by atoms with E-state index in [2.05, 4.69) is 10.3 Å². The largest absolute Gasteiger partial charge is 0.436 e. The Kier molecular flexibility index (Phi) is 4.68. The Hall–Kier alpha value is -2.66. The van der Waals surface area contributed by atoms with Gasteiger partial charge < -0.3 is 14.5 Å². The highest BCUT2D eigenvalue weighted by Crippen LogP contribution is 2.24. The summed E-state index contributed by atoms with van der Waals surface area (Å²) in [4.78, 5) is 16.5. The smallest absolute Gasteiger partial charge is 0.251 e. The van der Waals surface area contributed by atoms with E-state index < -0.39 is 0 Å². The summed E-state index contributed by atoms with van der Waals surface area (Å²) in [5.74, 6) is 0.462. The number of hydrogen-bond acceptors (Lipinski definition) is 4. The zero-order valence-electron chi connectivity index (χ0n) is 12.9. The standard InChI is InChI=1S/C18H18N2O3/c1-22-12-4-11-19-17(21)13-7-9-14(10-8-13)18-20-15-5-2-3-6-16(15)23-18/h2-3,5-10H,4,11-12H2,1H3,(H,19,21). The Balaban J connectivity index is 1.70. The molecule has 5 heteroatoms. The molecule has 0 aliphatic rings. The van der Waals surface area contributed by atoms with Gasteiger partial charge >= 0.3 is 0 Å². The van der Waals surface area contributed by atoms with Crippen LogP contribution in [0.25, 0.3) is 22.6 Å². The summed E-state index contributed by atoms with van der Waals surface area (Å²) in [6, 6.07) is 14.9. The molecule has 0 bridgehead atoms. The van der Waals surface area contributed by atoms with Crippen LogP contribution in [0.2, 0.25) is 0 Å². The van der Waals surface area contributed by atoms with Crippen molar-refractivity contribution in [3.63, 3.8) is 0 Å². The molecular weight excluding hydrogens is 292 g/mol. The van der Waals surface area contributed by atoms with E-state index >= 15 is 0 Å². The monoisotopic (exact) mass is 310 g/mol. The predicted octanol–water partition coefficient (Wildman–Crippen LogP) is 3.26. The van der Waals surface area contributed by atoms with E-state index in [0.717, 1.165) is 23.1 Å². The number of carbonyl (C=O) groups is 1. The first kappa shape index (κ1) is 15.2. The second-order valence-electron chi connectivity index (χ2n) is 5.17. The first-order chi connectivity index (χ1) is 11.3. The molecule has 0 saturated carbocycles. The quantitative estimate of drug-likeness (QED) is 0.710. The number of amides is 1. The molecule has 1 heterocycles. The molecule has 0 radical (unpaired) electrons. The van der Waals surface area contributed by atoms with Crippen molar-refractivity contribution in [1.29, 1.82) is 0 Å². The summed E-state index contributed by atoms with van der Waals surface area (Å²) in [5.41, 5.74) is 3.03. The first-order valence-corrected chi connectivity index (χ1v) is 7.51. The van der Waals surface area contributed by atoms with Gasteiger partial charge in [0.25, 0.3) is 5.91 Å². The van der Waals surface area contributed by atoms with Crippen molar-refractivity contribution in [3.8, 4) is 11.5 Å². The molecule has 5 nitrogen and oxygen atoms in total. The number of rotatable bonds is 6. The van der Waals surface area contributed by atoms with E-state index in [4.69, 9.17) is 9.15 Å². The number of benzene rings is 2. The maximum atomic E-state index is 12.0. The number of methoxy groups -OCH3 is 1. The van der Waals surface area contributed by atoms with E-state index in [1.54, 1.807) is 19.2 Å². The van der Waals surface area contributed by atoms with Crippen LogP contribution >= 0.6 is 0 Å². The summed E-state index contributed by atoms with van der Waals surface area (Å²) < 4.78 is 10.7. The normalized spacial score (nSPS) is 10.8. The van der Waals surface area contributed by atoms with Gasteiger partial charge in [-0.2, -0.15) is 0 Å². The van der Waals surface area contributed by atoms with Crippen LogP contribution in [-0.4, -0.2) is 31.2 Å². The van der Waals surface area contributed by atoms with Crippen LogP contribution in [0.1, 0.15) is 16.8 Å². The fourth-order valence-electron chi connectivity index (χ4n) is 2.28. The SMILES string of the molecule is COCCCNC(=O)c1ccc(-c2nc3ccccc3o2)cc1. The Bertz CT molecular complexity index is 760. The van der Waals surface area contributed by atoms with Gasteiger partial charge in [-0.15, -0.1) is 0 Å². The van der Waals surface area contributed by atoms with Crippen molar-refractivity contribution < 1.29 is 13.9 Å². The number of aromatic nitrogens is 1. The summed E-state index contributed by atoms with van der Waals surface area (Å²) in [6.45, 7) is 1.23. The summed E-state index contributed by atoms with van der Waals surface area (Å²) in [6.07, 6.45) is 0.795. The molecule has 118 valence electrons. The van der Waals surface area contributed by atoms with Gasteiger partial charge in [-0.05, 0) is 42.8 Å². The van der Waals surface area contributed by atoms with E-state index in [0.29, 0.717) is 24.6 Å². The number of para-hydroxylation sites is 2. The molecule has 1 N–H and O–H groups in total. The number of ether oxygens (including phenoxy) is 1. The van der Waals surface area contributed by atoms with Crippen molar-refractivity contribution in [3.05, 3.63) is 54.1 Å². The van der Waals surface area contributed by atoms with Crippen LogP contribution in [0.3, 0.4) is 0 Å². The van der Waals surface area contributed by atoms with Gasteiger partial charge in [0.2, 0.25) is 5.89 Å². The fourth-order valence-corrected chi connectivity index (χ4v) is 2.28. The molecule has 0 fully saturated rings. The average molecular weight is 310 g/mol. The highest BCUT2D eigenvalue weighted by Gasteiger charge is 2.09. The molecule has 0 aliphatic heterocycles. The van der Waals surface area contributed by atoms with Crippen LogP contribution < -0.4 is 5.32 Å². The highest BCUT2D eigenvalue weighted by molar-refractivity contribution is 5.94. The third-order valence-electron chi connectivity index (χ3n) is 3.50. The molecule has 0 atom stereocenters.